The van der Waals surface area contributed by atoms with E-state index in [0.717, 1.165) is 26.2 Å². The summed E-state index contributed by atoms with van der Waals surface area (Å²) in [6.07, 6.45) is 0.00637. The standard InChI is InChI=1S/C15H20FN3O2/c1-17-6-8-18(9-7-17)15(20)19-10-14(11-19)21-13-4-2-12(16)3-5-13/h2-5,14H,6-11H2,1H3. The van der Waals surface area contributed by atoms with Gasteiger partial charge in [0.2, 0.25) is 0 Å². The van der Waals surface area contributed by atoms with Crippen molar-refractivity contribution < 1.29 is 13.9 Å². The molecule has 0 spiro atoms. The van der Waals surface area contributed by atoms with E-state index in [9.17, 15) is 9.18 Å². The van der Waals surface area contributed by atoms with Crippen molar-refractivity contribution in [2.75, 3.05) is 46.3 Å². The fraction of sp³-hybridized carbons (Fsp3) is 0.533. The number of benzene rings is 1. The number of hydrogen-bond donors (Lipinski definition) is 0. The minimum Gasteiger partial charge on any atom is -0.487 e. The highest BCUT2D eigenvalue weighted by Crippen LogP contribution is 2.20. The van der Waals surface area contributed by atoms with Gasteiger partial charge in [0, 0.05) is 26.2 Å². The third kappa shape index (κ3) is 3.26. The topological polar surface area (TPSA) is 36.0 Å². The average Bonchev–Trinajstić information content (AvgIpc) is 2.44. The van der Waals surface area contributed by atoms with Crippen LogP contribution < -0.4 is 4.74 Å². The summed E-state index contributed by atoms with van der Waals surface area (Å²) in [5, 5.41) is 0. The summed E-state index contributed by atoms with van der Waals surface area (Å²) in [5.41, 5.74) is 0. The summed E-state index contributed by atoms with van der Waals surface area (Å²) >= 11 is 0. The summed E-state index contributed by atoms with van der Waals surface area (Å²) in [7, 11) is 2.07. The minimum atomic E-state index is -0.275. The first-order chi connectivity index (χ1) is 10.1. The molecule has 0 saturated carbocycles. The predicted octanol–water partition coefficient (Wildman–Crippen LogP) is 1.26. The number of nitrogens with zero attached hydrogens (tertiary/aromatic N) is 3. The lowest BCUT2D eigenvalue weighted by atomic mass is 10.1. The number of likely N-dealkylation sites (N-methyl/N-ethyl adjacent to an activating group) is 1. The van der Waals surface area contributed by atoms with Gasteiger partial charge in [0.15, 0.2) is 0 Å². The Balaban J connectivity index is 1.45. The van der Waals surface area contributed by atoms with E-state index in [-0.39, 0.29) is 18.0 Å². The summed E-state index contributed by atoms with van der Waals surface area (Å²) in [5.74, 6) is 0.371. The molecule has 5 nitrogen and oxygen atoms in total. The molecule has 21 heavy (non-hydrogen) atoms. The van der Waals surface area contributed by atoms with Gasteiger partial charge < -0.3 is 19.4 Å². The third-order valence-electron chi connectivity index (χ3n) is 4.01. The Hall–Kier alpha value is -1.82. The Kier molecular flexibility index (Phi) is 3.96. The number of urea groups is 1. The van der Waals surface area contributed by atoms with E-state index >= 15 is 0 Å². The van der Waals surface area contributed by atoms with E-state index in [4.69, 9.17) is 4.74 Å². The fourth-order valence-corrected chi connectivity index (χ4v) is 2.57. The smallest absolute Gasteiger partial charge is 0.320 e. The van der Waals surface area contributed by atoms with Crippen molar-refractivity contribution in [2.24, 2.45) is 0 Å². The molecule has 2 amide bonds. The van der Waals surface area contributed by atoms with Gasteiger partial charge in [0.25, 0.3) is 0 Å². The number of halogens is 1. The molecule has 3 rings (SSSR count). The number of piperazine rings is 1. The summed E-state index contributed by atoms with van der Waals surface area (Å²) in [6.45, 7) is 4.62. The first-order valence-corrected chi connectivity index (χ1v) is 7.26. The van der Waals surface area contributed by atoms with Crippen LogP contribution in [0.15, 0.2) is 24.3 Å². The van der Waals surface area contributed by atoms with Crippen molar-refractivity contribution in [3.8, 4) is 5.75 Å². The number of ether oxygens (including phenoxy) is 1. The van der Waals surface area contributed by atoms with Crippen LogP contribution in [0.5, 0.6) is 5.75 Å². The van der Waals surface area contributed by atoms with Gasteiger partial charge in [-0.05, 0) is 31.3 Å². The van der Waals surface area contributed by atoms with Crippen LogP contribution in [0.2, 0.25) is 0 Å². The number of hydrogen-bond acceptors (Lipinski definition) is 3. The van der Waals surface area contributed by atoms with Crippen molar-refractivity contribution in [1.82, 2.24) is 14.7 Å². The highest BCUT2D eigenvalue weighted by molar-refractivity contribution is 5.75. The van der Waals surface area contributed by atoms with Gasteiger partial charge in [-0.15, -0.1) is 0 Å². The maximum absolute atomic E-state index is 12.8. The Labute approximate surface area is 123 Å². The van der Waals surface area contributed by atoms with E-state index in [1.807, 2.05) is 4.90 Å². The van der Waals surface area contributed by atoms with Gasteiger partial charge in [0.1, 0.15) is 17.7 Å². The Bertz CT molecular complexity index is 494. The SMILES string of the molecule is CN1CCN(C(=O)N2CC(Oc3ccc(F)cc3)C2)CC1. The van der Waals surface area contributed by atoms with Crippen molar-refractivity contribution in [2.45, 2.75) is 6.10 Å². The van der Waals surface area contributed by atoms with Crippen LogP contribution in [0.25, 0.3) is 0 Å². The van der Waals surface area contributed by atoms with E-state index in [1.54, 1.807) is 17.0 Å². The largest absolute Gasteiger partial charge is 0.487 e. The zero-order valence-electron chi connectivity index (χ0n) is 12.2. The second-order valence-corrected chi connectivity index (χ2v) is 5.67. The van der Waals surface area contributed by atoms with Crippen LogP contribution in [0.4, 0.5) is 9.18 Å². The van der Waals surface area contributed by atoms with Crippen molar-refractivity contribution in [3.63, 3.8) is 0 Å². The third-order valence-corrected chi connectivity index (χ3v) is 4.01. The molecular weight excluding hydrogens is 273 g/mol. The van der Waals surface area contributed by atoms with Gasteiger partial charge in [-0.2, -0.15) is 0 Å². The van der Waals surface area contributed by atoms with Gasteiger partial charge >= 0.3 is 6.03 Å². The number of likely N-dealkylation sites (tertiary alicyclic amines) is 1. The summed E-state index contributed by atoms with van der Waals surface area (Å²) in [6, 6.07) is 6.07. The van der Waals surface area contributed by atoms with E-state index in [1.165, 1.54) is 12.1 Å². The second kappa shape index (κ2) is 5.89. The number of carbonyl (C=O) groups is 1. The van der Waals surface area contributed by atoms with E-state index < -0.39 is 0 Å². The molecule has 1 aromatic carbocycles. The molecule has 2 saturated heterocycles. The Morgan fingerprint density at radius 1 is 1.10 bits per heavy atom. The van der Waals surface area contributed by atoms with Crippen LogP contribution in [-0.4, -0.2) is 73.2 Å². The van der Waals surface area contributed by atoms with Crippen molar-refractivity contribution >= 4 is 6.03 Å². The molecule has 2 aliphatic heterocycles. The van der Waals surface area contributed by atoms with E-state index in [2.05, 4.69) is 11.9 Å². The highest BCUT2D eigenvalue weighted by atomic mass is 19.1. The van der Waals surface area contributed by atoms with E-state index in [0.29, 0.717) is 18.8 Å². The van der Waals surface area contributed by atoms with Crippen LogP contribution >= 0.6 is 0 Å². The Morgan fingerprint density at radius 2 is 1.71 bits per heavy atom. The zero-order chi connectivity index (χ0) is 14.8. The Morgan fingerprint density at radius 3 is 2.33 bits per heavy atom. The quantitative estimate of drug-likeness (QED) is 0.823. The lowest BCUT2D eigenvalue weighted by Crippen LogP contribution is -2.61. The van der Waals surface area contributed by atoms with Crippen LogP contribution in [0.1, 0.15) is 0 Å². The van der Waals surface area contributed by atoms with Gasteiger partial charge in [-0.25, -0.2) is 9.18 Å². The molecule has 0 radical (unpaired) electrons. The number of amides is 2. The molecule has 0 unspecified atom stereocenters. The molecule has 0 N–H and O–H groups in total. The van der Waals surface area contributed by atoms with Gasteiger partial charge in [0.05, 0.1) is 13.1 Å². The van der Waals surface area contributed by atoms with Crippen LogP contribution in [0.3, 0.4) is 0 Å². The normalized spacial score (nSPS) is 20.3. The highest BCUT2D eigenvalue weighted by Gasteiger charge is 2.35. The second-order valence-electron chi connectivity index (χ2n) is 5.67. The molecular formula is C15H20FN3O2. The lowest BCUT2D eigenvalue weighted by Gasteiger charge is -2.43. The molecule has 0 aromatic heterocycles. The van der Waals surface area contributed by atoms with Gasteiger partial charge in [-0.3, -0.25) is 0 Å². The first-order valence-electron chi connectivity index (χ1n) is 7.26. The predicted molar refractivity (Wildman–Crippen MR) is 76.9 cm³/mol. The van der Waals surface area contributed by atoms with Crippen LogP contribution in [-0.2, 0) is 0 Å². The molecule has 2 heterocycles. The maximum Gasteiger partial charge on any atom is 0.320 e. The number of rotatable bonds is 2. The molecule has 2 fully saturated rings. The first kappa shape index (κ1) is 14.1. The van der Waals surface area contributed by atoms with Crippen LogP contribution in [0, 0.1) is 5.82 Å². The lowest BCUT2D eigenvalue weighted by molar-refractivity contribution is 0.0256. The molecule has 1 aromatic rings. The molecule has 2 aliphatic rings. The fourth-order valence-electron chi connectivity index (χ4n) is 2.57. The van der Waals surface area contributed by atoms with Gasteiger partial charge in [-0.1, -0.05) is 0 Å². The molecule has 0 aliphatic carbocycles. The minimum absolute atomic E-state index is 0.00637. The number of carbonyl (C=O) groups excluding carboxylic acids is 1. The maximum atomic E-state index is 12.8. The van der Waals surface area contributed by atoms with Crippen molar-refractivity contribution in [1.29, 1.82) is 0 Å². The van der Waals surface area contributed by atoms with Crippen molar-refractivity contribution in [3.05, 3.63) is 30.1 Å². The average molecular weight is 293 g/mol. The zero-order valence-corrected chi connectivity index (χ0v) is 12.2. The molecule has 0 atom stereocenters. The molecule has 114 valence electrons. The monoisotopic (exact) mass is 293 g/mol. The summed E-state index contributed by atoms with van der Waals surface area (Å²) < 4.78 is 18.5. The summed E-state index contributed by atoms with van der Waals surface area (Å²) in [4.78, 5) is 18.2. The molecule has 0 bridgehead atoms. The molecule has 6 heteroatoms.